The Bertz CT molecular complexity index is 1050. The number of nitrogens with zero attached hydrogens (tertiary/aromatic N) is 4. The molecule has 4 rings (SSSR count). The number of fused-ring (bicyclic) bond motifs is 1. The van der Waals surface area contributed by atoms with Gasteiger partial charge in [0.25, 0.3) is 0 Å². The molecule has 1 unspecified atom stereocenters. The molecule has 1 N–H and O–H groups in total. The van der Waals surface area contributed by atoms with Crippen molar-refractivity contribution >= 4 is 21.8 Å². The van der Waals surface area contributed by atoms with E-state index in [1.807, 2.05) is 18.2 Å². The molecule has 156 valence electrons. The molecule has 6 nitrogen and oxygen atoms in total. The molecule has 1 saturated carbocycles. The average molecular weight is 415 g/mol. The lowest BCUT2D eigenvalue weighted by molar-refractivity contribution is 0.142. The molecule has 1 aliphatic rings. The van der Waals surface area contributed by atoms with Gasteiger partial charge < -0.3 is 9.77 Å². The van der Waals surface area contributed by atoms with Crippen LogP contribution in [0.15, 0.2) is 34.2 Å². The fourth-order valence-corrected chi connectivity index (χ4v) is 5.46. The van der Waals surface area contributed by atoms with Crippen molar-refractivity contribution in [3.05, 3.63) is 35.9 Å². The molecule has 0 spiro atoms. The molecule has 2 aromatic heterocycles. The van der Waals surface area contributed by atoms with Gasteiger partial charge in [0.1, 0.15) is 5.82 Å². The van der Waals surface area contributed by atoms with E-state index in [2.05, 4.69) is 30.4 Å². The maximum absolute atomic E-state index is 13.0. The van der Waals surface area contributed by atoms with Crippen LogP contribution in [0.1, 0.15) is 64.4 Å². The summed E-state index contributed by atoms with van der Waals surface area (Å²) in [5.74, 6) is 1.79. The Balaban J connectivity index is 1.75. The SMILES string of the molecule is Cc1c(S(=O)c2ccc3c(c2)nc(C(C)(C)C)n3CC2CCCCC2)cnn1O. The van der Waals surface area contributed by atoms with E-state index in [4.69, 9.17) is 4.98 Å². The van der Waals surface area contributed by atoms with Crippen LogP contribution >= 0.6 is 0 Å². The molecule has 0 aliphatic heterocycles. The first-order valence-electron chi connectivity index (χ1n) is 10.4. The Hall–Kier alpha value is -2.15. The highest BCUT2D eigenvalue weighted by Gasteiger charge is 2.26. The average Bonchev–Trinajstić information content (AvgIpc) is 3.22. The van der Waals surface area contributed by atoms with Crippen molar-refractivity contribution in [1.29, 1.82) is 0 Å². The molecule has 1 aliphatic carbocycles. The lowest BCUT2D eigenvalue weighted by Crippen LogP contribution is -2.22. The number of aromatic nitrogens is 4. The second-order valence-corrected chi connectivity index (χ2v) is 10.7. The third-order valence-corrected chi connectivity index (χ3v) is 7.39. The maximum atomic E-state index is 13.0. The molecule has 2 heterocycles. The monoisotopic (exact) mass is 414 g/mol. The van der Waals surface area contributed by atoms with Crippen LogP contribution < -0.4 is 0 Å². The van der Waals surface area contributed by atoms with E-state index in [-0.39, 0.29) is 5.41 Å². The summed E-state index contributed by atoms with van der Waals surface area (Å²) in [6, 6.07) is 5.89. The summed E-state index contributed by atoms with van der Waals surface area (Å²) in [4.78, 5) is 6.93. The van der Waals surface area contributed by atoms with E-state index in [9.17, 15) is 9.42 Å². The van der Waals surface area contributed by atoms with E-state index in [1.54, 1.807) is 6.92 Å². The molecular formula is C22H30N4O2S. The van der Waals surface area contributed by atoms with E-state index in [0.29, 0.717) is 21.4 Å². The Morgan fingerprint density at radius 1 is 1.21 bits per heavy atom. The third kappa shape index (κ3) is 3.84. The van der Waals surface area contributed by atoms with Crippen LogP contribution in [-0.2, 0) is 22.8 Å². The Morgan fingerprint density at radius 3 is 2.55 bits per heavy atom. The predicted octanol–water partition coefficient (Wildman–Crippen LogP) is 4.82. The summed E-state index contributed by atoms with van der Waals surface area (Å²) in [5, 5.41) is 13.4. The molecule has 1 fully saturated rings. The molecule has 0 amide bonds. The van der Waals surface area contributed by atoms with Gasteiger partial charge in [-0.25, -0.2) is 9.19 Å². The zero-order valence-electron chi connectivity index (χ0n) is 17.7. The van der Waals surface area contributed by atoms with Gasteiger partial charge in [-0.3, -0.25) is 0 Å². The summed E-state index contributed by atoms with van der Waals surface area (Å²) in [6.45, 7) is 9.30. The van der Waals surface area contributed by atoms with Gasteiger partial charge in [0, 0.05) is 16.9 Å². The largest absolute Gasteiger partial charge is 0.411 e. The molecular weight excluding hydrogens is 384 g/mol. The zero-order valence-corrected chi connectivity index (χ0v) is 18.5. The second kappa shape index (κ2) is 7.59. The van der Waals surface area contributed by atoms with Crippen molar-refractivity contribution in [1.82, 2.24) is 19.5 Å². The normalized spacial score (nSPS) is 17.1. The highest BCUT2D eigenvalue weighted by atomic mass is 32.2. The molecule has 1 atom stereocenters. The molecule has 0 saturated heterocycles. The first-order valence-corrected chi connectivity index (χ1v) is 11.6. The standard InChI is InChI=1S/C22H30N4O2S/c1-15-20(13-23-26(15)27)29(28)17-10-11-19-18(12-17)24-21(22(2,3)4)25(19)14-16-8-6-5-7-9-16/h10-13,16,27H,5-9,14H2,1-4H3. The van der Waals surface area contributed by atoms with Crippen LogP contribution in [0.5, 0.6) is 0 Å². The van der Waals surface area contributed by atoms with E-state index >= 15 is 0 Å². The summed E-state index contributed by atoms with van der Waals surface area (Å²) >= 11 is 0. The fourth-order valence-electron chi connectivity index (χ4n) is 4.30. The van der Waals surface area contributed by atoms with Gasteiger partial charge in [-0.2, -0.15) is 0 Å². The highest BCUT2D eigenvalue weighted by Crippen LogP contribution is 2.32. The van der Waals surface area contributed by atoms with Gasteiger partial charge in [-0.15, -0.1) is 9.94 Å². The molecule has 3 aromatic rings. The van der Waals surface area contributed by atoms with Crippen LogP contribution in [0.2, 0.25) is 0 Å². The minimum atomic E-state index is -1.41. The van der Waals surface area contributed by atoms with Gasteiger partial charge in [0.2, 0.25) is 0 Å². The molecule has 0 radical (unpaired) electrons. The van der Waals surface area contributed by atoms with E-state index in [0.717, 1.165) is 28.2 Å². The van der Waals surface area contributed by atoms with Crippen LogP contribution in [0.3, 0.4) is 0 Å². The van der Waals surface area contributed by atoms with Crippen molar-refractivity contribution < 1.29 is 9.42 Å². The van der Waals surface area contributed by atoms with Gasteiger partial charge in [-0.1, -0.05) is 40.0 Å². The summed E-state index contributed by atoms with van der Waals surface area (Å²) in [5.41, 5.74) is 2.41. The number of rotatable bonds is 4. The molecule has 0 bridgehead atoms. The van der Waals surface area contributed by atoms with Crippen LogP contribution in [0, 0.1) is 12.8 Å². The number of hydrogen-bond donors (Lipinski definition) is 1. The quantitative estimate of drug-likeness (QED) is 0.621. The Kier molecular flexibility index (Phi) is 5.27. The van der Waals surface area contributed by atoms with Crippen LogP contribution in [0.4, 0.5) is 0 Å². The molecule has 1 aromatic carbocycles. The molecule has 7 heteroatoms. The topological polar surface area (TPSA) is 72.9 Å². The van der Waals surface area contributed by atoms with Crippen molar-refractivity contribution in [2.45, 2.75) is 81.5 Å². The summed E-state index contributed by atoms with van der Waals surface area (Å²) in [6.07, 6.45) is 8.03. The minimum absolute atomic E-state index is 0.0678. The number of hydrogen-bond acceptors (Lipinski definition) is 4. The Labute approximate surface area is 174 Å². The van der Waals surface area contributed by atoms with E-state index < -0.39 is 10.8 Å². The van der Waals surface area contributed by atoms with Crippen molar-refractivity contribution in [2.75, 3.05) is 0 Å². The lowest BCUT2D eigenvalue weighted by atomic mass is 9.88. The maximum Gasteiger partial charge on any atom is 0.115 e. The highest BCUT2D eigenvalue weighted by molar-refractivity contribution is 7.85. The number of benzene rings is 1. The van der Waals surface area contributed by atoms with Crippen LogP contribution in [0.25, 0.3) is 11.0 Å². The predicted molar refractivity (Wildman–Crippen MR) is 114 cm³/mol. The summed E-state index contributed by atoms with van der Waals surface area (Å²) in [7, 11) is -1.41. The third-order valence-electron chi connectivity index (χ3n) is 5.91. The van der Waals surface area contributed by atoms with Gasteiger partial charge in [0.05, 0.1) is 38.6 Å². The summed E-state index contributed by atoms with van der Waals surface area (Å²) < 4.78 is 15.4. The van der Waals surface area contributed by atoms with Gasteiger partial charge in [-0.05, 0) is 43.9 Å². The molecule has 29 heavy (non-hydrogen) atoms. The van der Waals surface area contributed by atoms with Crippen molar-refractivity contribution in [3.8, 4) is 0 Å². The first-order chi connectivity index (χ1) is 13.8. The lowest BCUT2D eigenvalue weighted by Gasteiger charge is -2.26. The van der Waals surface area contributed by atoms with Gasteiger partial charge in [0.15, 0.2) is 0 Å². The van der Waals surface area contributed by atoms with E-state index in [1.165, 1.54) is 38.3 Å². The van der Waals surface area contributed by atoms with Crippen molar-refractivity contribution in [3.63, 3.8) is 0 Å². The fraction of sp³-hybridized carbons (Fsp3) is 0.545. The number of imidazole rings is 1. The zero-order chi connectivity index (χ0) is 20.8. The minimum Gasteiger partial charge on any atom is -0.411 e. The Morgan fingerprint density at radius 2 is 1.93 bits per heavy atom. The van der Waals surface area contributed by atoms with Crippen LogP contribution in [-0.4, -0.2) is 28.9 Å². The first kappa shape index (κ1) is 20.1. The second-order valence-electron chi connectivity index (χ2n) is 9.20. The van der Waals surface area contributed by atoms with Crippen molar-refractivity contribution in [2.24, 2.45) is 5.92 Å². The smallest absolute Gasteiger partial charge is 0.115 e. The van der Waals surface area contributed by atoms with Gasteiger partial charge >= 0.3 is 0 Å².